The van der Waals surface area contributed by atoms with Crippen LogP contribution in [0, 0.1) is 0 Å². The molecule has 0 radical (unpaired) electrons. The predicted octanol–water partition coefficient (Wildman–Crippen LogP) is 1.27. The molecule has 28 heavy (non-hydrogen) atoms. The van der Waals surface area contributed by atoms with Crippen molar-refractivity contribution in [3.05, 3.63) is 52.9 Å². The molecule has 1 unspecified atom stereocenters. The van der Waals surface area contributed by atoms with E-state index in [-0.39, 0.29) is 12.2 Å². The zero-order valence-electron chi connectivity index (χ0n) is 15.3. The number of hydrogen-bond acceptors (Lipinski definition) is 7. The van der Waals surface area contributed by atoms with Gasteiger partial charge < -0.3 is 13.9 Å². The summed E-state index contributed by atoms with van der Waals surface area (Å²) >= 11 is 0. The maximum atomic E-state index is 12.4. The van der Waals surface area contributed by atoms with Crippen LogP contribution >= 0.6 is 0 Å². The average Bonchev–Trinajstić information content (AvgIpc) is 2.77. The lowest BCUT2D eigenvalue weighted by Gasteiger charge is -2.37. The van der Waals surface area contributed by atoms with Gasteiger partial charge in [0, 0.05) is 18.6 Å². The van der Waals surface area contributed by atoms with Crippen LogP contribution in [0.3, 0.4) is 0 Å². The minimum atomic E-state index is -1.35. The fourth-order valence-corrected chi connectivity index (χ4v) is 2.65. The highest BCUT2D eigenvalue weighted by atomic mass is 16.6. The number of hydrogen-bond donors (Lipinski definition) is 1. The predicted molar refractivity (Wildman–Crippen MR) is 96.9 cm³/mol. The number of hydrazine groups is 1. The van der Waals surface area contributed by atoms with Gasteiger partial charge in [0.2, 0.25) is 5.72 Å². The maximum Gasteiger partial charge on any atom is 0.339 e. The lowest BCUT2D eigenvalue weighted by molar-refractivity contribution is -0.189. The van der Waals surface area contributed by atoms with Gasteiger partial charge in [0.1, 0.15) is 11.3 Å². The van der Waals surface area contributed by atoms with Crippen LogP contribution in [0.2, 0.25) is 0 Å². The zero-order valence-corrected chi connectivity index (χ0v) is 15.3. The van der Waals surface area contributed by atoms with Gasteiger partial charge in [-0.15, -0.1) is 0 Å². The highest BCUT2D eigenvalue weighted by Gasteiger charge is 2.39. The molecule has 1 aromatic carbocycles. The van der Waals surface area contributed by atoms with E-state index >= 15 is 0 Å². The van der Waals surface area contributed by atoms with Crippen molar-refractivity contribution in [3.63, 3.8) is 0 Å². The van der Waals surface area contributed by atoms with E-state index in [0.717, 1.165) is 23.2 Å². The number of carbonyl (C=O) groups excluding carboxylic acids is 3. The zero-order chi connectivity index (χ0) is 20.3. The Hall–Kier alpha value is -3.62. The summed E-state index contributed by atoms with van der Waals surface area (Å²) in [5, 5.41) is 1.47. The molecule has 0 bridgehead atoms. The number of carbonyl (C=O) groups is 3. The molecule has 146 valence electrons. The molecule has 3 rings (SSSR count). The first kappa shape index (κ1) is 19.2. The van der Waals surface area contributed by atoms with Gasteiger partial charge in [0.25, 0.3) is 11.8 Å². The van der Waals surface area contributed by atoms with Crippen molar-refractivity contribution in [2.45, 2.75) is 26.0 Å². The topological polar surface area (TPSA) is 115 Å². The van der Waals surface area contributed by atoms with Crippen LogP contribution in [-0.2, 0) is 19.1 Å². The highest BCUT2D eigenvalue weighted by Crippen LogP contribution is 2.24. The summed E-state index contributed by atoms with van der Waals surface area (Å²) in [6.45, 7) is 2.73. The molecular weight excluding hydrogens is 368 g/mol. The molecule has 1 atom stereocenters. The third-order valence-electron chi connectivity index (χ3n) is 4.24. The Bertz CT molecular complexity index is 1030. The van der Waals surface area contributed by atoms with Crippen molar-refractivity contribution in [3.8, 4) is 5.75 Å². The normalized spacial score (nSPS) is 19.3. The van der Waals surface area contributed by atoms with E-state index in [0.29, 0.717) is 11.0 Å². The smallest absolute Gasteiger partial charge is 0.339 e. The summed E-state index contributed by atoms with van der Waals surface area (Å²) < 4.78 is 15.8. The van der Waals surface area contributed by atoms with Crippen molar-refractivity contribution in [2.24, 2.45) is 0 Å². The SMILES string of the molecule is CCC1(C)OC(=O)C=CC(=O)N1NC(=O)COc1cc(=O)oc2ccccc12. The molecule has 0 spiro atoms. The van der Waals surface area contributed by atoms with Gasteiger partial charge in [0.05, 0.1) is 11.5 Å². The molecule has 9 heteroatoms. The molecular formula is C19H18N2O7. The van der Waals surface area contributed by atoms with Crippen molar-refractivity contribution in [1.82, 2.24) is 10.4 Å². The van der Waals surface area contributed by atoms with E-state index in [1.165, 1.54) is 6.92 Å². The second-order valence-electron chi connectivity index (χ2n) is 6.21. The van der Waals surface area contributed by atoms with Crippen molar-refractivity contribution >= 4 is 28.8 Å². The fourth-order valence-electron chi connectivity index (χ4n) is 2.65. The summed E-state index contributed by atoms with van der Waals surface area (Å²) in [4.78, 5) is 47.9. The van der Waals surface area contributed by atoms with Crippen molar-refractivity contribution in [1.29, 1.82) is 0 Å². The van der Waals surface area contributed by atoms with E-state index < -0.39 is 35.7 Å². The third kappa shape index (κ3) is 3.88. The summed E-state index contributed by atoms with van der Waals surface area (Å²) in [5.41, 5.74) is 0.745. The molecule has 1 N–H and O–H groups in total. The van der Waals surface area contributed by atoms with Gasteiger partial charge in [-0.3, -0.25) is 15.0 Å². The summed E-state index contributed by atoms with van der Waals surface area (Å²) in [5.74, 6) is -1.80. The second kappa shape index (κ2) is 7.55. The number of esters is 1. The molecule has 2 amide bonds. The summed E-state index contributed by atoms with van der Waals surface area (Å²) in [6.07, 6.45) is 2.26. The number of benzene rings is 1. The summed E-state index contributed by atoms with van der Waals surface area (Å²) in [7, 11) is 0. The first-order chi connectivity index (χ1) is 13.3. The molecule has 9 nitrogen and oxygen atoms in total. The first-order valence-corrected chi connectivity index (χ1v) is 8.53. The van der Waals surface area contributed by atoms with E-state index in [1.54, 1.807) is 31.2 Å². The molecule has 0 saturated carbocycles. The first-order valence-electron chi connectivity index (χ1n) is 8.53. The Morgan fingerprint density at radius 2 is 1.96 bits per heavy atom. The molecule has 1 aliphatic rings. The van der Waals surface area contributed by atoms with Crippen LogP contribution in [0.15, 0.2) is 51.7 Å². The number of nitrogens with one attached hydrogen (secondary N) is 1. The van der Waals surface area contributed by atoms with Crippen LogP contribution in [-0.4, -0.2) is 35.1 Å². The Kier molecular flexibility index (Phi) is 5.16. The van der Waals surface area contributed by atoms with Gasteiger partial charge in [-0.2, -0.15) is 0 Å². The molecule has 0 saturated heterocycles. The van der Waals surface area contributed by atoms with Crippen LogP contribution in [0.1, 0.15) is 20.3 Å². The van der Waals surface area contributed by atoms with Gasteiger partial charge in [-0.25, -0.2) is 14.6 Å². The number of nitrogens with zero attached hydrogens (tertiary/aromatic N) is 1. The molecule has 2 heterocycles. The molecule has 0 aliphatic carbocycles. The Labute approximate surface area is 159 Å². The van der Waals surface area contributed by atoms with Gasteiger partial charge in [-0.05, 0) is 19.1 Å². The second-order valence-corrected chi connectivity index (χ2v) is 6.21. The Morgan fingerprint density at radius 3 is 2.71 bits per heavy atom. The number of cyclic esters (lactones) is 1. The molecule has 1 aromatic heterocycles. The maximum absolute atomic E-state index is 12.4. The van der Waals surface area contributed by atoms with Crippen molar-refractivity contribution in [2.75, 3.05) is 6.61 Å². The van der Waals surface area contributed by atoms with Crippen LogP contribution in [0.25, 0.3) is 11.0 Å². The number of amides is 2. The lowest BCUT2D eigenvalue weighted by Crippen LogP contribution is -2.59. The van der Waals surface area contributed by atoms with Crippen LogP contribution < -0.4 is 15.8 Å². The standard InChI is InChI=1S/C19H18N2O7/c1-3-19(2)21(16(23)8-9-17(24)28-19)20-15(22)11-26-14-10-18(25)27-13-7-5-4-6-12(13)14/h4-10H,3,11H2,1-2H3,(H,20,22). The number of para-hydroxylation sites is 1. The molecule has 1 aliphatic heterocycles. The monoisotopic (exact) mass is 386 g/mol. The number of fused-ring (bicyclic) bond motifs is 1. The fraction of sp³-hybridized carbons (Fsp3) is 0.263. The van der Waals surface area contributed by atoms with E-state index in [9.17, 15) is 19.2 Å². The highest BCUT2D eigenvalue weighted by molar-refractivity contribution is 5.97. The van der Waals surface area contributed by atoms with E-state index in [1.807, 2.05) is 0 Å². The average molecular weight is 386 g/mol. The summed E-state index contributed by atoms with van der Waals surface area (Å²) in [6, 6.07) is 7.86. The van der Waals surface area contributed by atoms with Gasteiger partial charge in [-0.1, -0.05) is 19.1 Å². The van der Waals surface area contributed by atoms with Crippen molar-refractivity contribution < 1.29 is 28.3 Å². The molecule has 0 fully saturated rings. The minimum Gasteiger partial charge on any atom is -0.483 e. The van der Waals surface area contributed by atoms with Crippen LogP contribution in [0.5, 0.6) is 5.75 Å². The largest absolute Gasteiger partial charge is 0.483 e. The van der Waals surface area contributed by atoms with E-state index in [2.05, 4.69) is 5.43 Å². The van der Waals surface area contributed by atoms with Gasteiger partial charge >= 0.3 is 11.6 Å². The number of rotatable bonds is 5. The number of ether oxygens (including phenoxy) is 2. The lowest BCUT2D eigenvalue weighted by atomic mass is 10.2. The minimum absolute atomic E-state index is 0.175. The van der Waals surface area contributed by atoms with E-state index in [4.69, 9.17) is 13.9 Å². The molecule has 2 aromatic rings. The Morgan fingerprint density at radius 1 is 1.21 bits per heavy atom. The third-order valence-corrected chi connectivity index (χ3v) is 4.24. The van der Waals surface area contributed by atoms with Gasteiger partial charge in [0.15, 0.2) is 6.61 Å². The van der Waals surface area contributed by atoms with Crippen LogP contribution in [0.4, 0.5) is 0 Å². The quantitative estimate of drug-likeness (QED) is 0.608. The Balaban J connectivity index is 1.75.